The fourth-order valence-corrected chi connectivity index (χ4v) is 3.14. The first-order valence-electron chi connectivity index (χ1n) is 10.6. The van der Waals surface area contributed by atoms with Gasteiger partial charge < -0.3 is 19.3 Å². The molecule has 0 aliphatic carbocycles. The Morgan fingerprint density at radius 1 is 1.03 bits per heavy atom. The van der Waals surface area contributed by atoms with Gasteiger partial charge in [0.15, 0.2) is 6.10 Å². The molecule has 32 heavy (non-hydrogen) atoms. The van der Waals surface area contributed by atoms with Crippen LogP contribution in [0.3, 0.4) is 0 Å². The molecule has 1 amide bonds. The third-order valence-corrected chi connectivity index (χ3v) is 5.07. The Hall–Kier alpha value is -3.61. The lowest BCUT2D eigenvalue weighted by atomic mass is 10.1. The van der Waals surface area contributed by atoms with Gasteiger partial charge in [-0.15, -0.1) is 0 Å². The maximum absolute atomic E-state index is 12.2. The van der Waals surface area contributed by atoms with Crippen molar-refractivity contribution in [2.75, 3.05) is 6.54 Å². The Morgan fingerprint density at radius 2 is 1.75 bits per heavy atom. The monoisotopic (exact) mass is 436 g/mol. The highest BCUT2D eigenvalue weighted by molar-refractivity contribution is 5.83. The molecule has 3 aromatic rings. The van der Waals surface area contributed by atoms with E-state index in [2.05, 4.69) is 10.5 Å². The lowest BCUT2D eigenvalue weighted by Crippen LogP contribution is -2.37. The fourth-order valence-electron chi connectivity index (χ4n) is 3.14. The molecule has 0 spiro atoms. The summed E-state index contributed by atoms with van der Waals surface area (Å²) in [6.07, 6.45) is -0.0557. The van der Waals surface area contributed by atoms with Crippen molar-refractivity contribution < 1.29 is 23.6 Å². The van der Waals surface area contributed by atoms with Crippen LogP contribution in [0.4, 0.5) is 0 Å². The van der Waals surface area contributed by atoms with Gasteiger partial charge in [0.2, 0.25) is 0 Å². The van der Waals surface area contributed by atoms with Crippen LogP contribution in [0, 0.1) is 13.8 Å². The molecule has 0 saturated carbocycles. The second kappa shape index (κ2) is 11.1. The average molecular weight is 437 g/mol. The lowest BCUT2D eigenvalue weighted by Gasteiger charge is -2.14. The van der Waals surface area contributed by atoms with E-state index in [-0.39, 0.29) is 12.3 Å². The van der Waals surface area contributed by atoms with Gasteiger partial charge in [0.25, 0.3) is 5.91 Å². The Bertz CT molecular complexity index is 1010. The minimum atomic E-state index is -0.851. The van der Waals surface area contributed by atoms with E-state index in [1.165, 1.54) is 0 Å². The number of rotatable bonds is 10. The van der Waals surface area contributed by atoms with Crippen molar-refractivity contribution in [2.24, 2.45) is 0 Å². The molecule has 1 aromatic heterocycles. The predicted molar refractivity (Wildman–Crippen MR) is 119 cm³/mol. The number of amides is 1. The largest absolute Gasteiger partial charge is 0.489 e. The van der Waals surface area contributed by atoms with Crippen LogP contribution < -0.4 is 10.1 Å². The molecule has 168 valence electrons. The molecule has 0 aliphatic heterocycles. The molecule has 0 fully saturated rings. The smallest absolute Gasteiger partial charge is 0.311 e. The first kappa shape index (κ1) is 23.1. The first-order valence-corrected chi connectivity index (χ1v) is 10.6. The van der Waals surface area contributed by atoms with Gasteiger partial charge in [0.1, 0.15) is 18.1 Å². The number of carbonyl (C=O) groups excluding carboxylic acids is 2. The number of carbonyl (C=O) groups is 2. The number of nitrogens with zero attached hydrogens (tertiary/aromatic N) is 1. The Balaban J connectivity index is 1.40. The summed E-state index contributed by atoms with van der Waals surface area (Å²) in [6.45, 7) is 6.13. The van der Waals surface area contributed by atoms with Gasteiger partial charge in [-0.25, -0.2) is 0 Å². The zero-order valence-electron chi connectivity index (χ0n) is 18.6. The van der Waals surface area contributed by atoms with Crippen LogP contribution >= 0.6 is 0 Å². The summed E-state index contributed by atoms with van der Waals surface area (Å²) in [6, 6.07) is 17.1. The molecule has 3 rings (SSSR count). The van der Waals surface area contributed by atoms with Gasteiger partial charge >= 0.3 is 5.97 Å². The van der Waals surface area contributed by atoms with E-state index in [0.717, 1.165) is 34.6 Å². The van der Waals surface area contributed by atoms with Crippen LogP contribution in [-0.2, 0) is 33.8 Å². The average Bonchev–Trinajstić information content (AvgIpc) is 3.11. The Labute approximate surface area is 187 Å². The molecule has 7 heteroatoms. The van der Waals surface area contributed by atoms with Gasteiger partial charge in [-0.3, -0.25) is 9.59 Å². The number of benzene rings is 2. The van der Waals surface area contributed by atoms with Crippen LogP contribution in [0.5, 0.6) is 5.75 Å². The first-order chi connectivity index (χ1) is 15.4. The van der Waals surface area contributed by atoms with Crippen molar-refractivity contribution in [3.05, 3.63) is 82.7 Å². The van der Waals surface area contributed by atoms with Crippen LogP contribution in [0.1, 0.15) is 35.1 Å². The molecule has 2 aromatic carbocycles. The second-order valence-electron chi connectivity index (χ2n) is 7.57. The molecule has 0 bridgehead atoms. The van der Waals surface area contributed by atoms with E-state index in [0.29, 0.717) is 18.9 Å². The minimum Gasteiger partial charge on any atom is -0.489 e. The molecule has 1 atom stereocenters. The van der Waals surface area contributed by atoms with Gasteiger partial charge in [0, 0.05) is 6.54 Å². The van der Waals surface area contributed by atoms with E-state index < -0.39 is 12.1 Å². The number of ether oxygens (including phenoxy) is 2. The Kier molecular flexibility index (Phi) is 8.02. The quantitative estimate of drug-likeness (QED) is 0.488. The molecule has 1 N–H and O–H groups in total. The summed E-state index contributed by atoms with van der Waals surface area (Å²) < 4.78 is 16.2. The summed E-state index contributed by atoms with van der Waals surface area (Å²) in [4.78, 5) is 24.4. The van der Waals surface area contributed by atoms with Crippen molar-refractivity contribution in [2.45, 2.75) is 46.3 Å². The third-order valence-electron chi connectivity index (χ3n) is 5.07. The van der Waals surface area contributed by atoms with Crippen molar-refractivity contribution in [1.29, 1.82) is 0 Å². The minimum absolute atomic E-state index is 0.0752. The highest BCUT2D eigenvalue weighted by Crippen LogP contribution is 2.18. The summed E-state index contributed by atoms with van der Waals surface area (Å²) in [7, 11) is 0. The molecule has 0 saturated heterocycles. The second-order valence-corrected chi connectivity index (χ2v) is 7.57. The zero-order valence-corrected chi connectivity index (χ0v) is 18.6. The summed E-state index contributed by atoms with van der Waals surface area (Å²) in [5.74, 6) is 0.644. The van der Waals surface area contributed by atoms with Crippen molar-refractivity contribution in [1.82, 2.24) is 10.5 Å². The normalized spacial score (nSPS) is 11.6. The maximum Gasteiger partial charge on any atom is 0.311 e. The van der Waals surface area contributed by atoms with Gasteiger partial charge in [-0.05, 0) is 50.5 Å². The van der Waals surface area contributed by atoms with Crippen LogP contribution in [-0.4, -0.2) is 29.7 Å². The van der Waals surface area contributed by atoms with E-state index in [4.69, 9.17) is 14.0 Å². The third kappa shape index (κ3) is 6.70. The molecule has 7 nitrogen and oxygen atoms in total. The standard InChI is InChI=1S/C25H28N2O5/c1-17-23(18(2)32-27-17)16-30-22-11-9-21(10-12-22)15-24(28)31-19(3)25(29)26-14-13-20-7-5-4-6-8-20/h4-12,19H,13-16H2,1-3H3,(H,26,29). The SMILES string of the molecule is Cc1noc(C)c1COc1ccc(CC(=O)OC(C)C(=O)NCCc2ccccc2)cc1. The number of aromatic nitrogens is 1. The van der Waals surface area contributed by atoms with E-state index >= 15 is 0 Å². The van der Waals surface area contributed by atoms with E-state index in [1.807, 2.05) is 44.2 Å². The number of hydrogen-bond acceptors (Lipinski definition) is 6. The van der Waals surface area contributed by atoms with Crippen LogP contribution in [0.25, 0.3) is 0 Å². The van der Waals surface area contributed by atoms with E-state index in [1.54, 1.807) is 31.2 Å². The fraction of sp³-hybridized carbons (Fsp3) is 0.320. The summed E-state index contributed by atoms with van der Waals surface area (Å²) in [5.41, 5.74) is 3.64. The molecule has 0 aliphatic rings. The van der Waals surface area contributed by atoms with Gasteiger partial charge in [0.05, 0.1) is 17.7 Å². The molecular formula is C25H28N2O5. The molecular weight excluding hydrogens is 408 g/mol. The molecule has 1 unspecified atom stereocenters. The zero-order chi connectivity index (χ0) is 22.9. The topological polar surface area (TPSA) is 90.7 Å². The number of hydrogen-bond donors (Lipinski definition) is 1. The highest BCUT2D eigenvalue weighted by Gasteiger charge is 2.17. The number of nitrogens with one attached hydrogen (secondary N) is 1. The Morgan fingerprint density at radius 3 is 2.41 bits per heavy atom. The molecule has 0 radical (unpaired) electrons. The predicted octanol–water partition coefficient (Wildman–Crippen LogP) is 3.70. The number of esters is 1. The van der Waals surface area contributed by atoms with E-state index in [9.17, 15) is 9.59 Å². The lowest BCUT2D eigenvalue weighted by molar-refractivity contribution is -0.154. The van der Waals surface area contributed by atoms with Crippen molar-refractivity contribution >= 4 is 11.9 Å². The number of aryl methyl sites for hydroxylation is 2. The van der Waals surface area contributed by atoms with Crippen molar-refractivity contribution in [3.8, 4) is 5.75 Å². The summed E-state index contributed by atoms with van der Waals surface area (Å²) in [5, 5.41) is 6.70. The van der Waals surface area contributed by atoms with Crippen molar-refractivity contribution in [3.63, 3.8) is 0 Å². The highest BCUT2D eigenvalue weighted by atomic mass is 16.5. The van der Waals surface area contributed by atoms with Crippen LogP contribution in [0.2, 0.25) is 0 Å². The summed E-state index contributed by atoms with van der Waals surface area (Å²) >= 11 is 0. The van der Waals surface area contributed by atoms with Gasteiger partial charge in [-0.1, -0.05) is 47.6 Å². The molecule has 1 heterocycles. The maximum atomic E-state index is 12.2. The van der Waals surface area contributed by atoms with Crippen LogP contribution in [0.15, 0.2) is 59.1 Å². The van der Waals surface area contributed by atoms with Gasteiger partial charge in [-0.2, -0.15) is 0 Å².